The average Bonchev–Trinajstić information content (AvgIpc) is 2.80. The molecule has 0 aliphatic carbocycles. The number of nitrogens with one attached hydrogen (secondary N) is 1. The Labute approximate surface area is 110 Å². The first-order valence-electron chi connectivity index (χ1n) is 5.48. The molecule has 4 heteroatoms. The molecule has 0 aliphatic heterocycles. The normalized spacial score (nSPS) is 9.83. The minimum absolute atomic E-state index is 0.0841. The van der Waals surface area contributed by atoms with E-state index in [1.54, 1.807) is 6.07 Å². The molecule has 0 saturated heterocycles. The van der Waals surface area contributed by atoms with Gasteiger partial charge >= 0.3 is 0 Å². The van der Waals surface area contributed by atoms with Crippen LogP contribution in [0.25, 0.3) is 10.4 Å². The molecule has 0 saturated carbocycles. The Bertz CT molecular complexity index is 637. The summed E-state index contributed by atoms with van der Waals surface area (Å²) in [5.74, 6) is -0.0841. The Balaban J connectivity index is 2.40. The predicted molar refractivity (Wildman–Crippen MR) is 73.5 cm³/mol. The van der Waals surface area contributed by atoms with Gasteiger partial charge in [-0.3, -0.25) is 4.79 Å². The fourth-order valence-corrected chi connectivity index (χ4v) is 2.45. The van der Waals surface area contributed by atoms with Gasteiger partial charge in [0.15, 0.2) is 0 Å². The van der Waals surface area contributed by atoms with Gasteiger partial charge in [0, 0.05) is 17.5 Å². The van der Waals surface area contributed by atoms with Gasteiger partial charge in [-0.25, -0.2) is 0 Å². The van der Waals surface area contributed by atoms with E-state index in [0.717, 1.165) is 21.7 Å². The Kier molecular flexibility index (Phi) is 3.45. The van der Waals surface area contributed by atoms with Gasteiger partial charge in [0.25, 0.3) is 0 Å². The number of anilines is 1. The molecule has 1 amide bonds. The molecule has 0 bridgehead atoms. The van der Waals surface area contributed by atoms with Crippen molar-refractivity contribution >= 4 is 22.9 Å². The third-order valence-corrected chi connectivity index (χ3v) is 3.59. The molecule has 90 valence electrons. The Morgan fingerprint density at radius 1 is 1.33 bits per heavy atom. The SMILES string of the molecule is CC(=O)Nc1cc(-c2ccc(C#N)s2)ccc1C. The number of thiophene rings is 1. The number of nitriles is 1. The van der Waals surface area contributed by atoms with Gasteiger partial charge in [0.05, 0.1) is 0 Å². The first kappa shape index (κ1) is 12.3. The van der Waals surface area contributed by atoms with E-state index in [4.69, 9.17) is 5.26 Å². The summed E-state index contributed by atoms with van der Waals surface area (Å²) in [4.78, 5) is 12.8. The molecule has 0 atom stereocenters. The van der Waals surface area contributed by atoms with Gasteiger partial charge < -0.3 is 5.32 Å². The summed E-state index contributed by atoms with van der Waals surface area (Å²) in [5, 5.41) is 11.6. The smallest absolute Gasteiger partial charge is 0.221 e. The van der Waals surface area contributed by atoms with Crippen LogP contribution < -0.4 is 5.32 Å². The Hall–Kier alpha value is -2.12. The molecule has 1 aromatic heterocycles. The van der Waals surface area contributed by atoms with E-state index >= 15 is 0 Å². The highest BCUT2D eigenvalue weighted by Gasteiger charge is 2.06. The van der Waals surface area contributed by atoms with Crippen LogP contribution in [0.2, 0.25) is 0 Å². The van der Waals surface area contributed by atoms with E-state index in [2.05, 4.69) is 11.4 Å². The van der Waals surface area contributed by atoms with Crippen molar-refractivity contribution in [1.82, 2.24) is 0 Å². The predicted octanol–water partition coefficient (Wildman–Crippen LogP) is 3.55. The van der Waals surface area contributed by atoms with Crippen molar-refractivity contribution in [3.8, 4) is 16.5 Å². The molecular formula is C14H12N2OS. The van der Waals surface area contributed by atoms with E-state index < -0.39 is 0 Å². The highest BCUT2D eigenvalue weighted by atomic mass is 32.1. The number of hydrogen-bond acceptors (Lipinski definition) is 3. The maximum absolute atomic E-state index is 11.1. The van der Waals surface area contributed by atoms with E-state index in [0.29, 0.717) is 4.88 Å². The topological polar surface area (TPSA) is 52.9 Å². The third kappa shape index (κ3) is 2.58. The Morgan fingerprint density at radius 3 is 2.72 bits per heavy atom. The summed E-state index contributed by atoms with van der Waals surface area (Å²) in [5.41, 5.74) is 2.84. The molecule has 2 rings (SSSR count). The molecule has 0 aliphatic rings. The highest BCUT2D eigenvalue weighted by Crippen LogP contribution is 2.30. The van der Waals surface area contributed by atoms with Crippen molar-refractivity contribution < 1.29 is 4.79 Å². The quantitative estimate of drug-likeness (QED) is 0.893. The molecule has 1 aromatic carbocycles. The van der Waals surface area contributed by atoms with Crippen LogP contribution in [0.5, 0.6) is 0 Å². The van der Waals surface area contributed by atoms with Crippen molar-refractivity contribution in [3.05, 3.63) is 40.8 Å². The van der Waals surface area contributed by atoms with Crippen LogP contribution in [0.15, 0.2) is 30.3 Å². The average molecular weight is 256 g/mol. The number of nitrogens with zero attached hydrogens (tertiary/aromatic N) is 1. The van der Waals surface area contributed by atoms with Gasteiger partial charge in [-0.05, 0) is 36.2 Å². The standard InChI is InChI=1S/C14H12N2OS/c1-9-3-4-11(7-13(9)16-10(2)17)14-6-5-12(8-15)18-14/h3-7H,1-2H3,(H,16,17). The zero-order chi connectivity index (χ0) is 13.1. The largest absolute Gasteiger partial charge is 0.326 e. The fraction of sp³-hybridized carbons (Fsp3) is 0.143. The summed E-state index contributed by atoms with van der Waals surface area (Å²) in [6, 6.07) is 11.7. The van der Waals surface area contributed by atoms with Crippen LogP contribution in [0, 0.1) is 18.3 Å². The minimum Gasteiger partial charge on any atom is -0.326 e. The number of carbonyl (C=O) groups is 1. The summed E-state index contributed by atoms with van der Waals surface area (Å²) in [7, 11) is 0. The second-order valence-corrected chi connectivity index (χ2v) is 5.07. The van der Waals surface area contributed by atoms with Crippen molar-refractivity contribution in [2.75, 3.05) is 5.32 Å². The molecule has 0 unspecified atom stereocenters. The van der Waals surface area contributed by atoms with Crippen LogP contribution in [-0.4, -0.2) is 5.91 Å². The number of hydrogen-bond donors (Lipinski definition) is 1. The van der Waals surface area contributed by atoms with Gasteiger partial charge in [-0.15, -0.1) is 11.3 Å². The lowest BCUT2D eigenvalue weighted by atomic mass is 10.1. The van der Waals surface area contributed by atoms with Gasteiger partial charge in [-0.1, -0.05) is 12.1 Å². The zero-order valence-corrected chi connectivity index (χ0v) is 11.0. The molecule has 1 heterocycles. The van der Waals surface area contributed by atoms with Gasteiger partial charge in [0.1, 0.15) is 10.9 Å². The zero-order valence-electron chi connectivity index (χ0n) is 10.2. The lowest BCUT2D eigenvalue weighted by Gasteiger charge is -2.08. The van der Waals surface area contributed by atoms with E-state index in [1.165, 1.54) is 18.3 Å². The first-order chi connectivity index (χ1) is 8.60. The third-order valence-electron chi connectivity index (χ3n) is 2.55. The van der Waals surface area contributed by atoms with Crippen LogP contribution in [0.1, 0.15) is 17.4 Å². The molecule has 3 nitrogen and oxygen atoms in total. The second kappa shape index (κ2) is 5.03. The summed E-state index contributed by atoms with van der Waals surface area (Å²) in [6.07, 6.45) is 0. The molecule has 0 fully saturated rings. The Morgan fingerprint density at radius 2 is 2.11 bits per heavy atom. The summed E-state index contributed by atoms with van der Waals surface area (Å²) < 4.78 is 0. The van der Waals surface area contributed by atoms with Crippen LogP contribution >= 0.6 is 11.3 Å². The summed E-state index contributed by atoms with van der Waals surface area (Å²) in [6.45, 7) is 3.44. The maximum atomic E-state index is 11.1. The molecule has 2 aromatic rings. The summed E-state index contributed by atoms with van der Waals surface area (Å²) >= 11 is 1.45. The number of amides is 1. The molecule has 0 radical (unpaired) electrons. The minimum atomic E-state index is -0.0841. The van der Waals surface area contributed by atoms with Crippen molar-refractivity contribution in [2.45, 2.75) is 13.8 Å². The molecule has 0 spiro atoms. The van der Waals surface area contributed by atoms with Crippen LogP contribution in [0.3, 0.4) is 0 Å². The lowest BCUT2D eigenvalue weighted by Crippen LogP contribution is -2.07. The molecule has 18 heavy (non-hydrogen) atoms. The van der Waals surface area contributed by atoms with E-state index in [1.807, 2.05) is 31.2 Å². The molecular weight excluding hydrogens is 244 g/mol. The van der Waals surface area contributed by atoms with E-state index in [9.17, 15) is 4.79 Å². The van der Waals surface area contributed by atoms with Crippen LogP contribution in [-0.2, 0) is 4.79 Å². The molecule has 1 N–H and O–H groups in total. The van der Waals surface area contributed by atoms with Crippen molar-refractivity contribution in [3.63, 3.8) is 0 Å². The highest BCUT2D eigenvalue weighted by molar-refractivity contribution is 7.16. The van der Waals surface area contributed by atoms with Gasteiger partial charge in [0.2, 0.25) is 5.91 Å². The van der Waals surface area contributed by atoms with E-state index in [-0.39, 0.29) is 5.91 Å². The lowest BCUT2D eigenvalue weighted by molar-refractivity contribution is -0.114. The fourth-order valence-electron chi connectivity index (χ4n) is 1.65. The van der Waals surface area contributed by atoms with Crippen molar-refractivity contribution in [1.29, 1.82) is 5.26 Å². The number of aryl methyl sites for hydroxylation is 1. The maximum Gasteiger partial charge on any atom is 0.221 e. The first-order valence-corrected chi connectivity index (χ1v) is 6.30. The van der Waals surface area contributed by atoms with Gasteiger partial charge in [-0.2, -0.15) is 5.26 Å². The number of benzene rings is 1. The number of carbonyl (C=O) groups excluding carboxylic acids is 1. The van der Waals surface area contributed by atoms with Crippen LogP contribution in [0.4, 0.5) is 5.69 Å². The number of rotatable bonds is 2. The second-order valence-electron chi connectivity index (χ2n) is 3.99. The monoisotopic (exact) mass is 256 g/mol. The van der Waals surface area contributed by atoms with Crippen molar-refractivity contribution in [2.24, 2.45) is 0 Å².